The fraction of sp³-hybridized carbons (Fsp3) is 0.333. The van der Waals surface area contributed by atoms with Crippen LogP contribution in [0.3, 0.4) is 0 Å². The molecule has 1 heterocycles. The van der Waals surface area contributed by atoms with Gasteiger partial charge in [0.05, 0.1) is 6.20 Å². The quantitative estimate of drug-likeness (QED) is 0.757. The molecule has 0 aliphatic carbocycles. The number of primary amides is 1. The van der Waals surface area contributed by atoms with Gasteiger partial charge in [-0.25, -0.2) is 4.98 Å². The maximum absolute atomic E-state index is 12.1. The third kappa shape index (κ3) is 1.98. The summed E-state index contributed by atoms with van der Waals surface area (Å²) < 4.78 is 40.8. The molecule has 0 saturated carbocycles. The summed E-state index contributed by atoms with van der Waals surface area (Å²) in [5, 5.41) is 0. The molecule has 1 atom stereocenters. The SMILES string of the molecule is NC(=O)C(c1cnco1)C(F)(F)F. The zero-order valence-corrected chi connectivity index (χ0v) is 6.21. The van der Waals surface area contributed by atoms with Crippen LogP contribution in [0.4, 0.5) is 13.2 Å². The fourth-order valence-corrected chi connectivity index (χ4v) is 0.831. The standard InChI is InChI=1S/C6H5F3N2O2/c7-6(8,9)4(5(10)12)3-1-11-2-13-3/h1-2,4H,(H2,10,12). The summed E-state index contributed by atoms with van der Waals surface area (Å²) in [5.41, 5.74) is 4.57. The minimum Gasteiger partial charge on any atom is -0.447 e. The van der Waals surface area contributed by atoms with E-state index in [-0.39, 0.29) is 0 Å². The lowest BCUT2D eigenvalue weighted by Crippen LogP contribution is -2.33. The number of carbonyl (C=O) groups is 1. The summed E-state index contributed by atoms with van der Waals surface area (Å²) in [6.07, 6.45) is -3.13. The molecule has 7 heteroatoms. The molecule has 1 amide bonds. The van der Waals surface area contributed by atoms with E-state index < -0.39 is 23.8 Å². The smallest absolute Gasteiger partial charge is 0.407 e. The number of amides is 1. The molecule has 4 nitrogen and oxygen atoms in total. The van der Waals surface area contributed by atoms with Gasteiger partial charge in [-0.3, -0.25) is 4.79 Å². The molecule has 1 aromatic heterocycles. The highest BCUT2D eigenvalue weighted by Gasteiger charge is 2.47. The van der Waals surface area contributed by atoms with Crippen molar-refractivity contribution >= 4 is 5.91 Å². The van der Waals surface area contributed by atoms with E-state index >= 15 is 0 Å². The van der Waals surface area contributed by atoms with Crippen molar-refractivity contribution in [3.05, 3.63) is 18.4 Å². The predicted molar refractivity (Wildman–Crippen MR) is 34.5 cm³/mol. The van der Waals surface area contributed by atoms with Crippen LogP contribution in [-0.4, -0.2) is 17.1 Å². The molecule has 1 unspecified atom stereocenters. The molecule has 0 aliphatic rings. The Labute approximate surface area is 70.5 Å². The summed E-state index contributed by atoms with van der Waals surface area (Å²) in [6.45, 7) is 0. The number of hydrogen-bond acceptors (Lipinski definition) is 3. The molecule has 0 saturated heterocycles. The van der Waals surface area contributed by atoms with E-state index in [2.05, 4.69) is 15.1 Å². The highest BCUT2D eigenvalue weighted by Crippen LogP contribution is 2.34. The van der Waals surface area contributed by atoms with Gasteiger partial charge in [-0.2, -0.15) is 13.2 Å². The average Bonchev–Trinajstić information content (AvgIpc) is 2.34. The predicted octanol–water partition coefficient (Wildman–Crippen LogP) is 0.806. The van der Waals surface area contributed by atoms with Gasteiger partial charge < -0.3 is 10.2 Å². The summed E-state index contributed by atoms with van der Waals surface area (Å²) in [5.74, 6) is -4.53. The van der Waals surface area contributed by atoms with Gasteiger partial charge in [-0.1, -0.05) is 0 Å². The Morgan fingerprint density at radius 1 is 1.62 bits per heavy atom. The Bertz CT molecular complexity index is 293. The van der Waals surface area contributed by atoms with Gasteiger partial charge in [0.25, 0.3) is 0 Å². The molecule has 0 spiro atoms. The number of nitrogens with zero attached hydrogens (tertiary/aromatic N) is 1. The topological polar surface area (TPSA) is 69.1 Å². The summed E-state index contributed by atoms with van der Waals surface area (Å²) in [4.78, 5) is 13.7. The van der Waals surface area contributed by atoms with Crippen LogP contribution in [0.25, 0.3) is 0 Å². The van der Waals surface area contributed by atoms with E-state index in [0.717, 1.165) is 12.6 Å². The van der Waals surface area contributed by atoms with Crippen molar-refractivity contribution in [1.82, 2.24) is 4.98 Å². The van der Waals surface area contributed by atoms with Crippen LogP contribution in [0.1, 0.15) is 11.7 Å². The van der Waals surface area contributed by atoms with E-state index in [9.17, 15) is 18.0 Å². The van der Waals surface area contributed by atoms with E-state index in [4.69, 9.17) is 0 Å². The molecule has 2 N–H and O–H groups in total. The highest BCUT2D eigenvalue weighted by atomic mass is 19.4. The minimum absolute atomic E-state index is 0.597. The Balaban J connectivity index is 3.01. The van der Waals surface area contributed by atoms with Crippen molar-refractivity contribution in [2.75, 3.05) is 0 Å². The van der Waals surface area contributed by atoms with Crippen molar-refractivity contribution in [3.63, 3.8) is 0 Å². The monoisotopic (exact) mass is 194 g/mol. The van der Waals surface area contributed by atoms with Gasteiger partial charge in [0.2, 0.25) is 5.91 Å². The molecule has 0 aromatic carbocycles. The Hall–Kier alpha value is -1.53. The fourth-order valence-electron chi connectivity index (χ4n) is 0.831. The Morgan fingerprint density at radius 2 is 2.23 bits per heavy atom. The highest BCUT2D eigenvalue weighted by molar-refractivity contribution is 5.82. The van der Waals surface area contributed by atoms with E-state index in [1.54, 1.807) is 0 Å². The first-order chi connectivity index (χ1) is 5.93. The molecule has 0 aliphatic heterocycles. The molecule has 0 fully saturated rings. The number of rotatable bonds is 2. The van der Waals surface area contributed by atoms with Crippen LogP contribution in [0.5, 0.6) is 0 Å². The molecular weight excluding hydrogens is 189 g/mol. The van der Waals surface area contributed by atoms with Crippen LogP contribution < -0.4 is 5.73 Å². The maximum Gasteiger partial charge on any atom is 0.407 e. The zero-order chi connectivity index (χ0) is 10.1. The van der Waals surface area contributed by atoms with E-state index in [1.807, 2.05) is 0 Å². The summed E-state index contributed by atoms with van der Waals surface area (Å²) >= 11 is 0. The number of halogens is 3. The van der Waals surface area contributed by atoms with Gasteiger partial charge in [0, 0.05) is 0 Å². The van der Waals surface area contributed by atoms with Gasteiger partial charge >= 0.3 is 6.18 Å². The first kappa shape index (κ1) is 9.56. The number of oxazole rings is 1. The number of nitrogens with two attached hydrogens (primary N) is 1. The van der Waals surface area contributed by atoms with Crippen molar-refractivity contribution < 1.29 is 22.4 Å². The Kier molecular flexibility index (Phi) is 2.26. The van der Waals surface area contributed by atoms with Crippen LogP contribution in [0.2, 0.25) is 0 Å². The zero-order valence-electron chi connectivity index (χ0n) is 6.21. The lowest BCUT2D eigenvalue weighted by atomic mass is 10.1. The third-order valence-electron chi connectivity index (χ3n) is 1.35. The van der Waals surface area contributed by atoms with Crippen LogP contribution in [0, 0.1) is 0 Å². The molecule has 13 heavy (non-hydrogen) atoms. The maximum atomic E-state index is 12.1. The second-order valence-electron chi connectivity index (χ2n) is 2.28. The molecule has 0 radical (unpaired) electrons. The van der Waals surface area contributed by atoms with Crippen LogP contribution >= 0.6 is 0 Å². The van der Waals surface area contributed by atoms with Gasteiger partial charge in [-0.15, -0.1) is 0 Å². The second-order valence-corrected chi connectivity index (χ2v) is 2.28. The van der Waals surface area contributed by atoms with Crippen molar-refractivity contribution in [2.24, 2.45) is 5.73 Å². The normalized spacial score (nSPS) is 14.1. The lowest BCUT2D eigenvalue weighted by molar-refractivity contribution is -0.165. The number of alkyl halides is 3. The first-order valence-corrected chi connectivity index (χ1v) is 3.17. The van der Waals surface area contributed by atoms with Crippen molar-refractivity contribution in [3.8, 4) is 0 Å². The van der Waals surface area contributed by atoms with Gasteiger partial charge in [-0.05, 0) is 0 Å². The number of aromatic nitrogens is 1. The Morgan fingerprint density at radius 3 is 2.54 bits per heavy atom. The first-order valence-electron chi connectivity index (χ1n) is 3.17. The average molecular weight is 194 g/mol. The van der Waals surface area contributed by atoms with Gasteiger partial charge in [0.1, 0.15) is 5.76 Å². The lowest BCUT2D eigenvalue weighted by Gasteiger charge is -2.13. The number of carbonyl (C=O) groups excluding carboxylic acids is 1. The molecule has 72 valence electrons. The largest absolute Gasteiger partial charge is 0.447 e. The minimum atomic E-state index is -4.74. The molecular formula is C6H5F3N2O2. The van der Waals surface area contributed by atoms with Crippen molar-refractivity contribution in [1.29, 1.82) is 0 Å². The van der Waals surface area contributed by atoms with E-state index in [1.165, 1.54) is 0 Å². The van der Waals surface area contributed by atoms with E-state index in [0.29, 0.717) is 0 Å². The second kappa shape index (κ2) is 3.08. The van der Waals surface area contributed by atoms with Gasteiger partial charge in [0.15, 0.2) is 12.3 Å². The summed E-state index contributed by atoms with van der Waals surface area (Å²) in [6, 6.07) is 0. The molecule has 1 rings (SSSR count). The number of hydrogen-bond donors (Lipinski definition) is 1. The van der Waals surface area contributed by atoms with Crippen LogP contribution in [-0.2, 0) is 4.79 Å². The summed E-state index contributed by atoms with van der Waals surface area (Å²) in [7, 11) is 0. The molecule has 0 bridgehead atoms. The van der Waals surface area contributed by atoms with Crippen LogP contribution in [0.15, 0.2) is 17.0 Å². The third-order valence-corrected chi connectivity index (χ3v) is 1.35. The van der Waals surface area contributed by atoms with Crippen molar-refractivity contribution in [2.45, 2.75) is 12.1 Å². The molecule has 1 aromatic rings.